The molecule has 0 aliphatic heterocycles. The lowest BCUT2D eigenvalue weighted by molar-refractivity contribution is -0.138. The molecule has 82 valence electrons. The number of hydrogen-bond acceptors (Lipinski definition) is 3. The number of benzene rings is 1. The third-order valence-corrected chi connectivity index (χ3v) is 4.26. The molecule has 4 N–H and O–H groups in total. The van der Waals surface area contributed by atoms with Gasteiger partial charge in [0.15, 0.2) is 0 Å². The van der Waals surface area contributed by atoms with Crippen molar-refractivity contribution in [3.8, 4) is 5.75 Å². The van der Waals surface area contributed by atoms with Gasteiger partial charge in [-0.25, -0.2) is 0 Å². The topological polar surface area (TPSA) is 83.6 Å². The quantitative estimate of drug-likeness (QED) is 0.503. The lowest BCUT2D eigenvalue weighted by Gasteiger charge is -2.16. The zero-order valence-corrected chi connectivity index (χ0v) is 11.8. The summed E-state index contributed by atoms with van der Waals surface area (Å²) in [5, 5.41) is 18.0. The van der Waals surface area contributed by atoms with Crippen molar-refractivity contribution in [1.29, 1.82) is 0 Å². The summed E-state index contributed by atoms with van der Waals surface area (Å²) in [6.07, 6.45) is 0. The van der Waals surface area contributed by atoms with Gasteiger partial charge in [0.05, 0.1) is 3.92 Å². The lowest BCUT2D eigenvalue weighted by atomic mass is 10.1. The molecular formula is C9H9I2NO3. The number of nitrogens with two attached hydrogens (primary N) is 1. The molecule has 0 radical (unpaired) electrons. The van der Waals surface area contributed by atoms with E-state index < -0.39 is 12.0 Å². The Morgan fingerprint density at radius 3 is 2.53 bits per heavy atom. The highest BCUT2D eigenvalue weighted by atomic mass is 127. The first-order valence-electron chi connectivity index (χ1n) is 4.04. The zero-order valence-electron chi connectivity index (χ0n) is 7.52. The standard InChI is InChI=1S/C9H9I2NO3/c10-6-3-4(13)1-2-5(6)7(11)8(12)9(14)15/h1-3,7-8,13H,12H2,(H,14,15)/t7?,8-/m0/s1. The van der Waals surface area contributed by atoms with Crippen LogP contribution in [0.2, 0.25) is 0 Å². The molecule has 0 heterocycles. The second-order valence-electron chi connectivity index (χ2n) is 2.97. The molecule has 0 spiro atoms. The first kappa shape index (κ1) is 13.0. The molecule has 1 aromatic rings. The number of halogens is 2. The van der Waals surface area contributed by atoms with E-state index in [9.17, 15) is 9.90 Å². The maximum Gasteiger partial charge on any atom is 0.321 e. The largest absolute Gasteiger partial charge is 0.508 e. The number of hydrogen-bond donors (Lipinski definition) is 3. The number of aliphatic carboxylic acids is 1. The van der Waals surface area contributed by atoms with Gasteiger partial charge in [0.2, 0.25) is 0 Å². The van der Waals surface area contributed by atoms with E-state index in [1.807, 2.05) is 45.2 Å². The average molecular weight is 433 g/mol. The first-order valence-corrected chi connectivity index (χ1v) is 6.36. The summed E-state index contributed by atoms with van der Waals surface area (Å²) in [5.74, 6) is -0.867. The van der Waals surface area contributed by atoms with E-state index in [0.29, 0.717) is 0 Å². The number of rotatable bonds is 3. The van der Waals surface area contributed by atoms with Crippen molar-refractivity contribution in [2.45, 2.75) is 9.97 Å². The summed E-state index contributed by atoms with van der Waals surface area (Å²) in [6, 6.07) is 3.86. The number of carbonyl (C=O) groups is 1. The highest BCUT2D eigenvalue weighted by Gasteiger charge is 2.24. The van der Waals surface area contributed by atoms with Gasteiger partial charge in [-0.2, -0.15) is 0 Å². The fourth-order valence-electron chi connectivity index (χ4n) is 1.06. The van der Waals surface area contributed by atoms with Gasteiger partial charge in [0, 0.05) is 3.57 Å². The normalized spacial score (nSPS) is 14.6. The smallest absolute Gasteiger partial charge is 0.321 e. The van der Waals surface area contributed by atoms with Crippen LogP contribution in [0.5, 0.6) is 5.75 Å². The first-order chi connectivity index (χ1) is 6.93. The molecule has 0 bridgehead atoms. The van der Waals surface area contributed by atoms with Gasteiger partial charge in [-0.1, -0.05) is 28.7 Å². The van der Waals surface area contributed by atoms with E-state index in [1.165, 1.54) is 6.07 Å². The minimum absolute atomic E-state index is 0.163. The zero-order chi connectivity index (χ0) is 11.6. The molecule has 4 nitrogen and oxygen atoms in total. The molecule has 0 aromatic heterocycles. The summed E-state index contributed by atoms with van der Waals surface area (Å²) in [6.45, 7) is 0. The predicted molar refractivity (Wildman–Crippen MR) is 73.2 cm³/mol. The van der Waals surface area contributed by atoms with Crippen LogP contribution in [0.1, 0.15) is 9.49 Å². The Balaban J connectivity index is 3.01. The third-order valence-electron chi connectivity index (χ3n) is 1.88. The SMILES string of the molecule is N[C@H](C(=O)O)C(I)c1ccc(O)cc1I. The number of phenols is 1. The van der Waals surface area contributed by atoms with E-state index in [1.54, 1.807) is 12.1 Å². The molecule has 0 amide bonds. The number of carboxylic acids is 1. The van der Waals surface area contributed by atoms with Crippen molar-refractivity contribution in [3.05, 3.63) is 27.3 Å². The van der Waals surface area contributed by atoms with Crippen molar-refractivity contribution in [1.82, 2.24) is 0 Å². The molecule has 2 atom stereocenters. The van der Waals surface area contributed by atoms with Crippen LogP contribution in [0.25, 0.3) is 0 Å². The van der Waals surface area contributed by atoms with E-state index in [-0.39, 0.29) is 9.67 Å². The van der Waals surface area contributed by atoms with Crippen molar-refractivity contribution in [3.63, 3.8) is 0 Å². The maximum absolute atomic E-state index is 10.7. The Morgan fingerprint density at radius 1 is 1.47 bits per heavy atom. The summed E-state index contributed by atoms with van der Waals surface area (Å²) in [4.78, 5) is 10.7. The van der Waals surface area contributed by atoms with Crippen LogP contribution in [-0.2, 0) is 4.79 Å². The van der Waals surface area contributed by atoms with Crippen LogP contribution in [0.15, 0.2) is 18.2 Å². The molecule has 1 aromatic carbocycles. The molecule has 0 aliphatic carbocycles. The van der Waals surface area contributed by atoms with Gasteiger partial charge in [0.25, 0.3) is 0 Å². The van der Waals surface area contributed by atoms with Gasteiger partial charge in [-0.05, 0) is 40.3 Å². The Hall–Kier alpha value is -0.0900. The molecule has 0 saturated carbocycles. The van der Waals surface area contributed by atoms with Gasteiger partial charge in [-0.15, -0.1) is 0 Å². The van der Waals surface area contributed by atoms with Gasteiger partial charge in [-0.3, -0.25) is 4.79 Å². The Labute approximate surface area is 114 Å². The molecular weight excluding hydrogens is 424 g/mol. The van der Waals surface area contributed by atoms with Gasteiger partial charge < -0.3 is 15.9 Å². The predicted octanol–water partition coefficient (Wildman–Crippen LogP) is 1.88. The van der Waals surface area contributed by atoms with Crippen LogP contribution in [0, 0.1) is 3.57 Å². The van der Waals surface area contributed by atoms with Crippen LogP contribution >= 0.6 is 45.2 Å². The molecule has 0 saturated heterocycles. The van der Waals surface area contributed by atoms with Crippen LogP contribution in [0.4, 0.5) is 0 Å². The fourth-order valence-corrected chi connectivity index (χ4v) is 3.34. The van der Waals surface area contributed by atoms with Crippen molar-refractivity contribution < 1.29 is 15.0 Å². The molecule has 0 fully saturated rings. The summed E-state index contributed by atoms with van der Waals surface area (Å²) >= 11 is 4.04. The van der Waals surface area contributed by atoms with Gasteiger partial charge in [0.1, 0.15) is 11.8 Å². The lowest BCUT2D eigenvalue weighted by Crippen LogP contribution is -2.34. The molecule has 15 heavy (non-hydrogen) atoms. The van der Waals surface area contributed by atoms with E-state index in [4.69, 9.17) is 10.8 Å². The Kier molecular flexibility index (Phi) is 4.59. The highest BCUT2D eigenvalue weighted by Crippen LogP contribution is 2.31. The second-order valence-corrected chi connectivity index (χ2v) is 5.48. The van der Waals surface area contributed by atoms with Crippen molar-refractivity contribution in [2.75, 3.05) is 0 Å². The third kappa shape index (κ3) is 3.18. The van der Waals surface area contributed by atoms with Crippen LogP contribution in [0.3, 0.4) is 0 Å². The molecule has 6 heteroatoms. The monoisotopic (exact) mass is 433 g/mol. The molecule has 1 unspecified atom stereocenters. The van der Waals surface area contributed by atoms with Crippen LogP contribution < -0.4 is 5.73 Å². The molecule has 1 rings (SSSR count). The van der Waals surface area contributed by atoms with E-state index >= 15 is 0 Å². The second kappa shape index (κ2) is 5.30. The van der Waals surface area contributed by atoms with Crippen LogP contribution in [-0.4, -0.2) is 22.2 Å². The van der Waals surface area contributed by atoms with Crippen molar-refractivity contribution >= 4 is 51.2 Å². The van der Waals surface area contributed by atoms with Crippen molar-refractivity contribution in [2.24, 2.45) is 5.73 Å². The molecule has 0 aliphatic rings. The minimum Gasteiger partial charge on any atom is -0.508 e. The number of alkyl halides is 1. The van der Waals surface area contributed by atoms with E-state index in [0.717, 1.165) is 9.13 Å². The van der Waals surface area contributed by atoms with Gasteiger partial charge >= 0.3 is 5.97 Å². The Bertz CT molecular complexity index is 384. The number of phenolic OH excluding ortho intramolecular Hbond substituents is 1. The average Bonchev–Trinajstić information content (AvgIpc) is 2.15. The van der Waals surface area contributed by atoms with E-state index in [2.05, 4.69) is 0 Å². The number of carboxylic acid groups (broad SMARTS) is 1. The summed E-state index contributed by atoms with van der Waals surface area (Å²) < 4.78 is 0.497. The summed E-state index contributed by atoms with van der Waals surface area (Å²) in [7, 11) is 0. The number of aromatic hydroxyl groups is 1. The fraction of sp³-hybridized carbons (Fsp3) is 0.222. The summed E-state index contributed by atoms with van der Waals surface area (Å²) in [5.41, 5.74) is 6.35. The highest BCUT2D eigenvalue weighted by molar-refractivity contribution is 14.1. The maximum atomic E-state index is 10.7. The Morgan fingerprint density at radius 2 is 2.07 bits per heavy atom. The minimum atomic E-state index is -1.03.